The Morgan fingerprint density at radius 3 is 2.31 bits per heavy atom. The van der Waals surface area contributed by atoms with Gasteiger partial charge in [0.2, 0.25) is 0 Å². The van der Waals surface area contributed by atoms with E-state index < -0.39 is 5.97 Å². The molecule has 5 nitrogen and oxygen atoms in total. The minimum absolute atomic E-state index is 0.403. The average Bonchev–Trinajstić information content (AvgIpc) is 2.83. The van der Waals surface area contributed by atoms with Gasteiger partial charge < -0.3 is 19.6 Å². The van der Waals surface area contributed by atoms with Crippen LogP contribution in [0.1, 0.15) is 41.3 Å². The second-order valence-corrected chi connectivity index (χ2v) is 7.45. The van der Waals surface area contributed by atoms with E-state index in [1.165, 1.54) is 11.8 Å². The van der Waals surface area contributed by atoms with E-state index in [0.29, 0.717) is 35.8 Å². The summed E-state index contributed by atoms with van der Waals surface area (Å²) < 4.78 is 16.1. The predicted molar refractivity (Wildman–Crippen MR) is 127 cm³/mol. The molecule has 5 heteroatoms. The summed E-state index contributed by atoms with van der Waals surface area (Å²) in [4.78, 5) is 12.5. The topological polar surface area (TPSA) is 68.6 Å². The van der Waals surface area contributed by atoms with Crippen LogP contribution in [0.25, 0.3) is 11.1 Å². The zero-order chi connectivity index (χ0) is 22.8. The van der Waals surface area contributed by atoms with E-state index >= 15 is 0 Å². The number of methoxy groups -OCH3 is 1. The van der Waals surface area contributed by atoms with E-state index in [0.717, 1.165) is 30.4 Å². The molecule has 0 heterocycles. The van der Waals surface area contributed by atoms with Crippen LogP contribution in [-0.2, 0) is 11.2 Å². The highest BCUT2D eigenvalue weighted by Crippen LogP contribution is 2.27. The molecule has 0 spiro atoms. The smallest absolute Gasteiger partial charge is 0.343 e. The Labute approximate surface area is 189 Å². The molecule has 0 atom stereocenters. The lowest BCUT2D eigenvalue weighted by Gasteiger charge is -2.11. The SMILES string of the molecule is CCCc1ccc(-c2ccc(OC(=O)c3ccc(OCCCOC)cc3)cc2C=N)cc1. The fraction of sp³-hybridized carbons (Fsp3) is 0.259. The molecule has 0 saturated heterocycles. The van der Waals surface area contributed by atoms with Crippen LogP contribution in [0.5, 0.6) is 11.5 Å². The maximum atomic E-state index is 12.5. The monoisotopic (exact) mass is 431 g/mol. The summed E-state index contributed by atoms with van der Waals surface area (Å²) in [5.74, 6) is 0.640. The lowest BCUT2D eigenvalue weighted by Crippen LogP contribution is -2.09. The van der Waals surface area contributed by atoms with Crippen molar-refractivity contribution in [3.8, 4) is 22.6 Å². The van der Waals surface area contributed by atoms with Gasteiger partial charge in [-0.2, -0.15) is 0 Å². The number of ether oxygens (including phenoxy) is 3. The summed E-state index contributed by atoms with van der Waals surface area (Å²) in [6.45, 7) is 3.36. The molecule has 166 valence electrons. The third-order valence-corrected chi connectivity index (χ3v) is 5.04. The zero-order valence-electron chi connectivity index (χ0n) is 18.6. The molecule has 0 aromatic heterocycles. The van der Waals surface area contributed by atoms with Gasteiger partial charge in [0.15, 0.2) is 0 Å². The summed E-state index contributed by atoms with van der Waals surface area (Å²) in [7, 11) is 1.66. The molecule has 0 radical (unpaired) electrons. The summed E-state index contributed by atoms with van der Waals surface area (Å²) in [6.07, 6.45) is 4.24. The highest BCUT2D eigenvalue weighted by Gasteiger charge is 2.11. The number of nitrogens with one attached hydrogen (secondary N) is 1. The van der Waals surface area contributed by atoms with E-state index in [1.54, 1.807) is 43.5 Å². The Balaban J connectivity index is 1.67. The molecule has 0 saturated carbocycles. The van der Waals surface area contributed by atoms with Crippen molar-refractivity contribution in [3.63, 3.8) is 0 Å². The Bertz CT molecular complexity index is 1030. The fourth-order valence-corrected chi connectivity index (χ4v) is 3.37. The van der Waals surface area contributed by atoms with E-state index in [4.69, 9.17) is 19.6 Å². The van der Waals surface area contributed by atoms with Gasteiger partial charge in [0.25, 0.3) is 0 Å². The molecular weight excluding hydrogens is 402 g/mol. The Hall–Kier alpha value is -3.44. The number of hydrogen-bond acceptors (Lipinski definition) is 5. The number of benzene rings is 3. The highest BCUT2D eigenvalue weighted by molar-refractivity contribution is 5.93. The maximum absolute atomic E-state index is 12.5. The van der Waals surface area contributed by atoms with Crippen LogP contribution in [-0.4, -0.2) is 32.5 Å². The summed E-state index contributed by atoms with van der Waals surface area (Å²) in [6, 6.07) is 20.6. The van der Waals surface area contributed by atoms with Crippen molar-refractivity contribution in [1.82, 2.24) is 0 Å². The van der Waals surface area contributed by atoms with Crippen LogP contribution >= 0.6 is 0 Å². The van der Waals surface area contributed by atoms with Gasteiger partial charge in [-0.3, -0.25) is 0 Å². The van der Waals surface area contributed by atoms with Gasteiger partial charge in [0.05, 0.1) is 12.2 Å². The first-order valence-corrected chi connectivity index (χ1v) is 10.8. The quantitative estimate of drug-likeness (QED) is 0.177. The van der Waals surface area contributed by atoms with Crippen LogP contribution in [0.15, 0.2) is 66.7 Å². The summed E-state index contributed by atoms with van der Waals surface area (Å²) >= 11 is 0. The van der Waals surface area contributed by atoms with Crippen LogP contribution in [0.3, 0.4) is 0 Å². The first kappa shape index (κ1) is 23.2. The van der Waals surface area contributed by atoms with E-state index in [-0.39, 0.29) is 0 Å². The van der Waals surface area contributed by atoms with Gasteiger partial charge in [-0.25, -0.2) is 4.79 Å². The van der Waals surface area contributed by atoms with Crippen LogP contribution in [0.2, 0.25) is 0 Å². The standard InChI is InChI=1S/C27H29NO4/c1-3-5-20-6-8-21(9-7-20)26-15-14-25(18-23(26)19-28)32-27(29)22-10-12-24(13-11-22)31-17-4-16-30-2/h6-15,18-19,28H,3-5,16-17H2,1-2H3. The largest absolute Gasteiger partial charge is 0.494 e. The second-order valence-electron chi connectivity index (χ2n) is 7.45. The highest BCUT2D eigenvalue weighted by atomic mass is 16.5. The molecule has 3 aromatic rings. The van der Waals surface area contributed by atoms with Crippen LogP contribution < -0.4 is 9.47 Å². The minimum Gasteiger partial charge on any atom is -0.494 e. The van der Waals surface area contributed by atoms with Gasteiger partial charge in [-0.05, 0) is 59.5 Å². The molecule has 1 N–H and O–H groups in total. The first-order valence-electron chi connectivity index (χ1n) is 10.8. The summed E-state index contributed by atoms with van der Waals surface area (Å²) in [5, 5.41) is 7.80. The minimum atomic E-state index is -0.455. The molecule has 0 aliphatic carbocycles. The van der Waals surface area contributed by atoms with Gasteiger partial charge in [0, 0.05) is 31.9 Å². The molecule has 32 heavy (non-hydrogen) atoms. The predicted octanol–water partition coefficient (Wildman–Crippen LogP) is 5.94. The second kappa shape index (κ2) is 11.8. The van der Waals surface area contributed by atoms with Gasteiger partial charge in [0.1, 0.15) is 11.5 Å². The van der Waals surface area contributed by atoms with Crippen molar-refractivity contribution in [2.45, 2.75) is 26.2 Å². The van der Waals surface area contributed by atoms with E-state index in [2.05, 4.69) is 31.2 Å². The van der Waals surface area contributed by atoms with E-state index in [1.807, 2.05) is 6.07 Å². The number of rotatable bonds is 11. The van der Waals surface area contributed by atoms with Gasteiger partial charge in [-0.15, -0.1) is 0 Å². The maximum Gasteiger partial charge on any atom is 0.343 e. The molecule has 3 rings (SSSR count). The number of carbonyl (C=O) groups is 1. The summed E-state index contributed by atoms with van der Waals surface area (Å²) in [5.41, 5.74) is 4.38. The lowest BCUT2D eigenvalue weighted by atomic mass is 9.98. The number of aryl methyl sites for hydroxylation is 1. The lowest BCUT2D eigenvalue weighted by molar-refractivity contribution is 0.0734. The fourth-order valence-electron chi connectivity index (χ4n) is 3.37. The van der Waals surface area contributed by atoms with Crippen molar-refractivity contribution >= 4 is 12.2 Å². The van der Waals surface area contributed by atoms with Crippen LogP contribution in [0, 0.1) is 5.41 Å². The zero-order valence-corrected chi connectivity index (χ0v) is 18.6. The molecule has 3 aromatic carbocycles. The van der Waals surface area contributed by atoms with Crippen molar-refractivity contribution in [1.29, 1.82) is 5.41 Å². The Morgan fingerprint density at radius 2 is 1.66 bits per heavy atom. The molecule has 0 aliphatic heterocycles. The van der Waals surface area contributed by atoms with Gasteiger partial charge >= 0.3 is 5.97 Å². The number of hydrogen-bond donors (Lipinski definition) is 1. The molecule has 0 amide bonds. The van der Waals surface area contributed by atoms with Gasteiger partial charge in [-0.1, -0.05) is 43.7 Å². The van der Waals surface area contributed by atoms with Crippen molar-refractivity contribution in [3.05, 3.63) is 83.4 Å². The Morgan fingerprint density at radius 1 is 0.938 bits per heavy atom. The van der Waals surface area contributed by atoms with Crippen molar-refractivity contribution < 1.29 is 19.0 Å². The molecule has 0 fully saturated rings. The normalized spacial score (nSPS) is 10.6. The first-order chi connectivity index (χ1) is 15.6. The third-order valence-electron chi connectivity index (χ3n) is 5.04. The van der Waals surface area contributed by atoms with Crippen molar-refractivity contribution in [2.75, 3.05) is 20.3 Å². The van der Waals surface area contributed by atoms with E-state index in [9.17, 15) is 4.79 Å². The number of esters is 1. The Kier molecular flexibility index (Phi) is 8.58. The molecular formula is C27H29NO4. The van der Waals surface area contributed by atoms with Crippen LogP contribution in [0.4, 0.5) is 0 Å². The molecule has 0 bridgehead atoms. The average molecular weight is 432 g/mol. The van der Waals surface area contributed by atoms with Crippen molar-refractivity contribution in [2.24, 2.45) is 0 Å². The molecule has 0 unspecified atom stereocenters. The number of carbonyl (C=O) groups excluding carboxylic acids is 1. The third kappa shape index (κ3) is 6.28. The molecule has 0 aliphatic rings.